The van der Waals surface area contributed by atoms with Gasteiger partial charge in [-0.1, -0.05) is 11.6 Å². The zero-order valence-electron chi connectivity index (χ0n) is 11.9. The molecule has 1 atom stereocenters. The molecule has 0 aliphatic carbocycles. The van der Waals surface area contributed by atoms with Crippen LogP contribution in [-0.2, 0) is 6.54 Å². The third-order valence-corrected chi connectivity index (χ3v) is 3.24. The van der Waals surface area contributed by atoms with Crippen molar-refractivity contribution in [2.45, 2.75) is 26.4 Å². The Bertz CT molecular complexity index is 761. The number of carbonyl (C=O) groups is 1. The van der Waals surface area contributed by atoms with Crippen molar-refractivity contribution >= 4 is 16.8 Å². The van der Waals surface area contributed by atoms with Crippen LogP contribution in [0.2, 0.25) is 0 Å². The summed E-state index contributed by atoms with van der Waals surface area (Å²) in [6.45, 7) is 4.47. The van der Waals surface area contributed by atoms with E-state index in [-0.39, 0.29) is 11.9 Å². The fraction of sp³-hybridized carbons (Fsp3) is 0.286. The normalized spacial score (nSPS) is 12.5. The van der Waals surface area contributed by atoms with Gasteiger partial charge in [-0.05, 0) is 26.0 Å². The number of rotatable bonds is 4. The molecule has 0 aliphatic rings. The maximum atomic E-state index is 12.3. The summed E-state index contributed by atoms with van der Waals surface area (Å²) in [7, 11) is 0. The van der Waals surface area contributed by atoms with Crippen LogP contribution in [0.1, 0.15) is 23.0 Å². The Morgan fingerprint density at radius 3 is 3.10 bits per heavy atom. The molecule has 1 amide bonds. The standard InChI is InChI=1S/C14H16N6O/c1-9-3-4-12-11(5-9)13(19-18-12)14(21)17-10(2)6-20-8-15-7-16-20/h3-5,7-8,10H,6H2,1-2H3,(H,17,21)(H,18,19). The molecule has 7 heteroatoms. The molecule has 0 spiro atoms. The summed E-state index contributed by atoms with van der Waals surface area (Å²) in [6, 6.07) is 5.79. The Hall–Kier alpha value is -2.70. The molecule has 0 saturated heterocycles. The monoisotopic (exact) mass is 284 g/mol. The molecular weight excluding hydrogens is 268 g/mol. The first kappa shape index (κ1) is 13.3. The first-order chi connectivity index (χ1) is 10.1. The van der Waals surface area contributed by atoms with E-state index in [4.69, 9.17) is 0 Å². The zero-order valence-corrected chi connectivity index (χ0v) is 11.9. The summed E-state index contributed by atoms with van der Waals surface area (Å²) in [6.07, 6.45) is 3.09. The number of hydrogen-bond donors (Lipinski definition) is 2. The second-order valence-corrected chi connectivity index (χ2v) is 5.11. The van der Waals surface area contributed by atoms with Gasteiger partial charge in [-0.3, -0.25) is 14.6 Å². The maximum Gasteiger partial charge on any atom is 0.272 e. The summed E-state index contributed by atoms with van der Waals surface area (Å²) in [4.78, 5) is 16.2. The summed E-state index contributed by atoms with van der Waals surface area (Å²) in [5, 5.41) is 14.8. The summed E-state index contributed by atoms with van der Waals surface area (Å²) < 4.78 is 1.68. The molecule has 2 aromatic heterocycles. The minimum absolute atomic E-state index is 0.0734. The number of nitrogens with zero attached hydrogens (tertiary/aromatic N) is 4. The van der Waals surface area contributed by atoms with E-state index in [2.05, 4.69) is 25.6 Å². The number of H-pyrrole nitrogens is 1. The number of amides is 1. The number of aryl methyl sites for hydroxylation is 1. The van der Waals surface area contributed by atoms with E-state index in [1.54, 1.807) is 11.0 Å². The van der Waals surface area contributed by atoms with Gasteiger partial charge in [0, 0.05) is 11.4 Å². The molecule has 0 radical (unpaired) electrons. The van der Waals surface area contributed by atoms with Crippen molar-refractivity contribution in [3.63, 3.8) is 0 Å². The Kier molecular flexibility index (Phi) is 3.39. The van der Waals surface area contributed by atoms with Crippen molar-refractivity contribution in [1.29, 1.82) is 0 Å². The lowest BCUT2D eigenvalue weighted by molar-refractivity contribution is 0.0932. The van der Waals surface area contributed by atoms with Gasteiger partial charge in [0.15, 0.2) is 5.69 Å². The smallest absolute Gasteiger partial charge is 0.272 e. The fourth-order valence-electron chi connectivity index (χ4n) is 2.25. The SMILES string of the molecule is Cc1ccc2[nH]nc(C(=O)NC(C)Cn3cncn3)c2c1. The molecule has 0 fully saturated rings. The first-order valence-electron chi connectivity index (χ1n) is 6.71. The number of benzene rings is 1. The van der Waals surface area contributed by atoms with Crippen molar-refractivity contribution in [2.24, 2.45) is 0 Å². The molecule has 0 saturated carbocycles. The topological polar surface area (TPSA) is 88.5 Å². The summed E-state index contributed by atoms with van der Waals surface area (Å²) in [5.41, 5.74) is 2.36. The third-order valence-electron chi connectivity index (χ3n) is 3.24. The molecule has 2 heterocycles. The van der Waals surface area contributed by atoms with Gasteiger partial charge in [0.1, 0.15) is 12.7 Å². The fourth-order valence-corrected chi connectivity index (χ4v) is 2.25. The van der Waals surface area contributed by atoms with Crippen molar-refractivity contribution in [3.05, 3.63) is 42.1 Å². The Morgan fingerprint density at radius 1 is 1.48 bits per heavy atom. The van der Waals surface area contributed by atoms with E-state index >= 15 is 0 Å². The van der Waals surface area contributed by atoms with Crippen molar-refractivity contribution < 1.29 is 4.79 Å². The molecule has 3 rings (SSSR count). The highest BCUT2D eigenvalue weighted by atomic mass is 16.2. The lowest BCUT2D eigenvalue weighted by Gasteiger charge is -2.12. The van der Waals surface area contributed by atoms with Gasteiger partial charge >= 0.3 is 0 Å². The number of carbonyl (C=O) groups excluding carboxylic acids is 1. The first-order valence-corrected chi connectivity index (χ1v) is 6.71. The Morgan fingerprint density at radius 2 is 2.33 bits per heavy atom. The molecule has 0 bridgehead atoms. The van der Waals surface area contributed by atoms with Crippen LogP contribution in [0.25, 0.3) is 10.9 Å². The highest BCUT2D eigenvalue weighted by Crippen LogP contribution is 2.17. The molecule has 7 nitrogen and oxygen atoms in total. The van der Waals surface area contributed by atoms with Gasteiger partial charge < -0.3 is 5.32 Å². The molecule has 1 aromatic carbocycles. The average Bonchev–Trinajstić information content (AvgIpc) is 3.07. The zero-order chi connectivity index (χ0) is 14.8. The van der Waals surface area contributed by atoms with E-state index in [1.807, 2.05) is 32.0 Å². The maximum absolute atomic E-state index is 12.3. The third kappa shape index (κ3) is 2.76. The largest absolute Gasteiger partial charge is 0.346 e. The van der Waals surface area contributed by atoms with Crippen LogP contribution >= 0.6 is 0 Å². The second kappa shape index (κ2) is 5.35. The van der Waals surface area contributed by atoms with Crippen LogP contribution in [0, 0.1) is 6.92 Å². The number of aromatic amines is 1. The Labute approximate surface area is 121 Å². The minimum atomic E-state index is -0.195. The van der Waals surface area contributed by atoms with Gasteiger partial charge in [-0.15, -0.1) is 0 Å². The molecule has 21 heavy (non-hydrogen) atoms. The molecule has 3 aromatic rings. The summed E-state index contributed by atoms with van der Waals surface area (Å²) in [5.74, 6) is -0.195. The van der Waals surface area contributed by atoms with E-state index < -0.39 is 0 Å². The van der Waals surface area contributed by atoms with Crippen molar-refractivity contribution in [3.8, 4) is 0 Å². The predicted molar refractivity (Wildman–Crippen MR) is 77.8 cm³/mol. The Balaban J connectivity index is 1.76. The van der Waals surface area contributed by atoms with E-state index in [0.29, 0.717) is 12.2 Å². The van der Waals surface area contributed by atoms with Gasteiger partial charge in [0.05, 0.1) is 12.1 Å². The lowest BCUT2D eigenvalue weighted by atomic mass is 10.1. The second-order valence-electron chi connectivity index (χ2n) is 5.11. The van der Waals surface area contributed by atoms with E-state index in [9.17, 15) is 4.79 Å². The van der Waals surface area contributed by atoms with E-state index in [0.717, 1.165) is 16.5 Å². The number of hydrogen-bond acceptors (Lipinski definition) is 4. The highest BCUT2D eigenvalue weighted by molar-refractivity contribution is 6.04. The van der Waals surface area contributed by atoms with Crippen LogP contribution in [-0.4, -0.2) is 36.9 Å². The summed E-state index contributed by atoms with van der Waals surface area (Å²) >= 11 is 0. The molecule has 0 aliphatic heterocycles. The van der Waals surface area contributed by atoms with Gasteiger partial charge in [0.25, 0.3) is 5.91 Å². The van der Waals surface area contributed by atoms with Crippen LogP contribution in [0.5, 0.6) is 0 Å². The van der Waals surface area contributed by atoms with Gasteiger partial charge in [-0.25, -0.2) is 4.98 Å². The van der Waals surface area contributed by atoms with Crippen molar-refractivity contribution in [2.75, 3.05) is 0 Å². The molecular formula is C14H16N6O. The predicted octanol–water partition coefficient (Wildman–Crippen LogP) is 1.28. The minimum Gasteiger partial charge on any atom is -0.346 e. The number of fused-ring (bicyclic) bond motifs is 1. The van der Waals surface area contributed by atoms with E-state index in [1.165, 1.54) is 6.33 Å². The highest BCUT2D eigenvalue weighted by Gasteiger charge is 2.16. The van der Waals surface area contributed by atoms with Gasteiger partial charge in [0.2, 0.25) is 0 Å². The molecule has 2 N–H and O–H groups in total. The van der Waals surface area contributed by atoms with Crippen LogP contribution in [0.3, 0.4) is 0 Å². The van der Waals surface area contributed by atoms with Crippen molar-refractivity contribution in [1.82, 2.24) is 30.3 Å². The van der Waals surface area contributed by atoms with Crippen LogP contribution < -0.4 is 5.32 Å². The van der Waals surface area contributed by atoms with Crippen LogP contribution in [0.15, 0.2) is 30.9 Å². The van der Waals surface area contributed by atoms with Gasteiger partial charge in [-0.2, -0.15) is 10.2 Å². The van der Waals surface area contributed by atoms with Crippen LogP contribution in [0.4, 0.5) is 0 Å². The molecule has 1 unspecified atom stereocenters. The number of aromatic nitrogens is 5. The molecule has 108 valence electrons. The number of nitrogens with one attached hydrogen (secondary N) is 2. The quantitative estimate of drug-likeness (QED) is 0.755. The average molecular weight is 284 g/mol. The lowest BCUT2D eigenvalue weighted by Crippen LogP contribution is -2.36.